The molecule has 0 aliphatic carbocycles. The smallest absolute Gasteiger partial charge is 0.381 e. The van der Waals surface area contributed by atoms with Crippen LogP contribution in [0.4, 0.5) is 18.9 Å². The Kier molecular flexibility index (Phi) is 4.52. The Bertz CT molecular complexity index is 455. The Hall–Kier alpha value is -0.650. The van der Waals surface area contributed by atoms with Crippen LogP contribution in [0.1, 0.15) is 5.56 Å². The summed E-state index contributed by atoms with van der Waals surface area (Å²) in [6.07, 6.45) is -3.95. The molecule has 0 saturated carbocycles. The van der Waals surface area contributed by atoms with Gasteiger partial charge in [0.2, 0.25) is 0 Å². The van der Waals surface area contributed by atoms with Gasteiger partial charge in [0.05, 0.1) is 10.5 Å². The van der Waals surface area contributed by atoms with Crippen LogP contribution < -0.4 is 4.74 Å². The molecule has 0 radical (unpaired) electrons. The first-order valence-corrected chi connectivity index (χ1v) is 6.09. The summed E-state index contributed by atoms with van der Waals surface area (Å²) in [5.41, 5.74) is -0.698. The zero-order valence-corrected chi connectivity index (χ0v) is 11.5. The van der Waals surface area contributed by atoms with Crippen molar-refractivity contribution < 1.29 is 22.8 Å². The summed E-state index contributed by atoms with van der Waals surface area (Å²) >= 11 is 4.71. The summed E-state index contributed by atoms with van der Waals surface area (Å²) in [4.78, 5) is 13.1. The summed E-state index contributed by atoms with van der Waals surface area (Å²) in [5, 5.41) is 10.8. The highest BCUT2D eigenvalue weighted by Gasteiger charge is 2.37. The van der Waals surface area contributed by atoms with Crippen LogP contribution >= 0.6 is 38.5 Å². The Morgan fingerprint density at radius 3 is 2.59 bits per heavy atom. The molecule has 0 atom stereocenters. The Balaban J connectivity index is 3.36. The summed E-state index contributed by atoms with van der Waals surface area (Å²) in [5.74, 6) is -1.06. The van der Waals surface area contributed by atoms with E-state index in [-0.39, 0.29) is 10.9 Å². The summed E-state index contributed by atoms with van der Waals surface area (Å²) in [7, 11) is 0. The van der Waals surface area contributed by atoms with Crippen molar-refractivity contribution in [3.8, 4) is 5.88 Å². The molecule has 0 aliphatic rings. The molecule has 94 valence electrons. The van der Waals surface area contributed by atoms with Gasteiger partial charge in [0, 0.05) is 15.1 Å². The summed E-state index contributed by atoms with van der Waals surface area (Å²) < 4.78 is 40.0. The number of alkyl halides is 4. The van der Waals surface area contributed by atoms with E-state index < -0.39 is 22.9 Å². The Morgan fingerprint density at radius 1 is 1.59 bits per heavy atom. The molecule has 0 aromatic carbocycles. The minimum atomic E-state index is -5.02. The molecule has 1 rings (SSSR count). The van der Waals surface area contributed by atoms with Gasteiger partial charge in [0.15, 0.2) is 0 Å². The van der Waals surface area contributed by atoms with Gasteiger partial charge in [-0.05, 0) is 22.6 Å². The van der Waals surface area contributed by atoms with Gasteiger partial charge in [-0.15, -0.1) is 13.2 Å². The molecule has 1 aromatic rings. The van der Waals surface area contributed by atoms with E-state index >= 15 is 0 Å². The summed E-state index contributed by atoms with van der Waals surface area (Å²) in [6.45, 7) is 0. The molecule has 0 N–H and O–H groups in total. The quantitative estimate of drug-likeness (QED) is 0.321. The average molecular weight is 427 g/mol. The van der Waals surface area contributed by atoms with Crippen molar-refractivity contribution in [3.05, 3.63) is 25.4 Å². The fraction of sp³-hybridized carbons (Fsp3) is 0.286. The van der Waals surface area contributed by atoms with Crippen LogP contribution in [-0.4, -0.2) is 16.3 Å². The SMILES string of the molecule is O=[N+]([O-])c1c(OC(F)(F)F)ncc(I)c1CBr. The van der Waals surface area contributed by atoms with Crippen LogP contribution in [0.15, 0.2) is 6.20 Å². The van der Waals surface area contributed by atoms with Crippen LogP contribution in [0.3, 0.4) is 0 Å². The van der Waals surface area contributed by atoms with Gasteiger partial charge in [-0.2, -0.15) is 0 Å². The molecule has 0 saturated heterocycles. The van der Waals surface area contributed by atoms with Crippen LogP contribution in [0.25, 0.3) is 0 Å². The largest absolute Gasteiger partial charge is 0.574 e. The lowest BCUT2D eigenvalue weighted by atomic mass is 10.2. The number of ether oxygens (including phenoxy) is 1. The zero-order valence-electron chi connectivity index (χ0n) is 7.79. The van der Waals surface area contributed by atoms with E-state index in [1.807, 2.05) is 0 Å². The lowest BCUT2D eigenvalue weighted by molar-refractivity contribution is -0.389. The molecule has 0 aliphatic heterocycles. The average Bonchev–Trinajstić information content (AvgIpc) is 2.17. The maximum Gasteiger partial charge on any atom is 0.574 e. The van der Waals surface area contributed by atoms with Crippen molar-refractivity contribution in [1.82, 2.24) is 4.98 Å². The molecule has 10 heteroatoms. The molecule has 0 amide bonds. The maximum absolute atomic E-state index is 12.0. The molecular formula is C7H3BrF3IN2O3. The van der Waals surface area contributed by atoms with Crippen molar-refractivity contribution in [2.24, 2.45) is 0 Å². The van der Waals surface area contributed by atoms with Crippen LogP contribution in [-0.2, 0) is 5.33 Å². The van der Waals surface area contributed by atoms with E-state index in [1.54, 1.807) is 22.6 Å². The van der Waals surface area contributed by atoms with Gasteiger partial charge in [-0.3, -0.25) is 10.1 Å². The highest BCUT2D eigenvalue weighted by atomic mass is 127. The number of nitrogens with zero attached hydrogens (tertiary/aromatic N) is 2. The monoisotopic (exact) mass is 426 g/mol. The number of hydrogen-bond acceptors (Lipinski definition) is 4. The van der Waals surface area contributed by atoms with Crippen molar-refractivity contribution in [3.63, 3.8) is 0 Å². The summed E-state index contributed by atoms with van der Waals surface area (Å²) in [6, 6.07) is 0. The first kappa shape index (κ1) is 14.4. The molecule has 1 heterocycles. The van der Waals surface area contributed by atoms with E-state index in [0.717, 1.165) is 6.20 Å². The second-order valence-electron chi connectivity index (χ2n) is 2.68. The van der Waals surface area contributed by atoms with Gasteiger partial charge >= 0.3 is 17.9 Å². The highest BCUT2D eigenvalue weighted by molar-refractivity contribution is 14.1. The van der Waals surface area contributed by atoms with E-state index in [9.17, 15) is 23.3 Å². The molecule has 1 aromatic heterocycles. The Morgan fingerprint density at radius 2 is 2.18 bits per heavy atom. The number of hydrogen-bond donors (Lipinski definition) is 0. The molecule has 5 nitrogen and oxygen atoms in total. The molecule has 0 spiro atoms. The highest BCUT2D eigenvalue weighted by Crippen LogP contribution is 2.35. The van der Waals surface area contributed by atoms with Gasteiger partial charge in [-0.25, -0.2) is 4.98 Å². The number of aromatic nitrogens is 1. The normalized spacial score (nSPS) is 11.4. The minimum absolute atomic E-state index is 0.0261. The second-order valence-corrected chi connectivity index (χ2v) is 4.40. The molecule has 0 bridgehead atoms. The van der Waals surface area contributed by atoms with Gasteiger partial charge < -0.3 is 4.74 Å². The minimum Gasteiger partial charge on any atom is -0.381 e. The fourth-order valence-electron chi connectivity index (χ4n) is 0.996. The first-order valence-electron chi connectivity index (χ1n) is 3.89. The van der Waals surface area contributed by atoms with Crippen molar-refractivity contribution >= 4 is 44.2 Å². The zero-order chi connectivity index (χ0) is 13.2. The van der Waals surface area contributed by atoms with Crippen molar-refractivity contribution in [1.29, 1.82) is 0 Å². The lowest BCUT2D eigenvalue weighted by Gasteiger charge is -2.10. The first-order chi connectivity index (χ1) is 7.76. The fourth-order valence-corrected chi connectivity index (χ4v) is 2.67. The van der Waals surface area contributed by atoms with E-state index in [1.165, 1.54) is 0 Å². The van der Waals surface area contributed by atoms with Gasteiger partial charge in [0.25, 0.3) is 0 Å². The second kappa shape index (κ2) is 5.33. The number of pyridine rings is 1. The van der Waals surface area contributed by atoms with E-state index in [2.05, 4.69) is 25.7 Å². The number of nitro groups is 1. The van der Waals surface area contributed by atoms with Crippen LogP contribution in [0.2, 0.25) is 0 Å². The lowest BCUT2D eigenvalue weighted by Crippen LogP contribution is -2.19. The molecule has 17 heavy (non-hydrogen) atoms. The third-order valence-electron chi connectivity index (χ3n) is 1.60. The van der Waals surface area contributed by atoms with Crippen molar-refractivity contribution in [2.75, 3.05) is 0 Å². The molecule has 0 fully saturated rings. The van der Waals surface area contributed by atoms with Gasteiger partial charge in [0.1, 0.15) is 0 Å². The predicted molar refractivity (Wildman–Crippen MR) is 62.9 cm³/mol. The van der Waals surface area contributed by atoms with Crippen LogP contribution in [0.5, 0.6) is 5.88 Å². The number of rotatable bonds is 3. The Labute approximate surface area is 115 Å². The van der Waals surface area contributed by atoms with E-state index in [0.29, 0.717) is 3.57 Å². The van der Waals surface area contributed by atoms with Crippen molar-refractivity contribution in [2.45, 2.75) is 11.7 Å². The topological polar surface area (TPSA) is 65.3 Å². The molecular weight excluding hydrogens is 424 g/mol. The third-order valence-corrected chi connectivity index (χ3v) is 3.09. The van der Waals surface area contributed by atoms with Gasteiger partial charge in [-0.1, -0.05) is 15.9 Å². The standard InChI is InChI=1S/C7H3BrF3IN2O3/c8-1-3-4(12)2-13-6(5(3)14(15)16)17-7(9,10)11/h2H,1H2. The van der Waals surface area contributed by atoms with Crippen LogP contribution in [0, 0.1) is 13.7 Å². The predicted octanol–water partition coefficient (Wildman–Crippen LogP) is 3.39. The number of halogens is 5. The third kappa shape index (κ3) is 3.66. The van der Waals surface area contributed by atoms with E-state index in [4.69, 9.17) is 0 Å². The molecule has 0 unspecified atom stereocenters. The maximum atomic E-state index is 12.0.